The Morgan fingerprint density at radius 3 is 2.67 bits per heavy atom. The van der Waals surface area contributed by atoms with E-state index in [-0.39, 0.29) is 17.0 Å². The highest BCUT2D eigenvalue weighted by Crippen LogP contribution is 2.25. The maximum atomic E-state index is 13.8. The first-order valence-corrected chi connectivity index (χ1v) is 7.56. The van der Waals surface area contributed by atoms with Gasteiger partial charge in [-0.1, -0.05) is 12.1 Å². The second-order valence-electron chi connectivity index (χ2n) is 4.68. The summed E-state index contributed by atoms with van der Waals surface area (Å²) in [7, 11) is 1.34. The first-order valence-electron chi connectivity index (χ1n) is 6.77. The Labute approximate surface area is 145 Å². The summed E-state index contributed by atoms with van der Waals surface area (Å²) in [6, 6.07) is 9.03. The van der Waals surface area contributed by atoms with E-state index in [9.17, 15) is 14.0 Å². The zero-order valence-corrected chi connectivity index (χ0v) is 14.2. The van der Waals surface area contributed by atoms with Crippen LogP contribution in [0.2, 0.25) is 0 Å². The van der Waals surface area contributed by atoms with Gasteiger partial charge < -0.3 is 20.5 Å². The van der Waals surface area contributed by atoms with Gasteiger partial charge in [-0.05, 0) is 34.1 Å². The van der Waals surface area contributed by atoms with Gasteiger partial charge in [0, 0.05) is 10.5 Å². The van der Waals surface area contributed by atoms with Gasteiger partial charge in [0.2, 0.25) is 0 Å². The molecule has 0 aliphatic heterocycles. The number of para-hydroxylation sites is 1. The number of carbonyl (C=O) groups is 2. The topological polar surface area (TPSA) is 90.6 Å². The van der Waals surface area contributed by atoms with Crippen LogP contribution >= 0.6 is 15.9 Å². The summed E-state index contributed by atoms with van der Waals surface area (Å²) in [5.41, 5.74) is 5.75. The minimum Gasteiger partial charge on any atom is -0.495 e. The van der Waals surface area contributed by atoms with E-state index in [0.717, 1.165) is 12.1 Å². The van der Waals surface area contributed by atoms with E-state index in [1.807, 2.05) is 0 Å². The fourth-order valence-corrected chi connectivity index (χ4v) is 2.24. The number of carbonyl (C=O) groups excluding carboxylic acids is 2. The molecule has 0 aliphatic rings. The molecule has 8 heteroatoms. The predicted molar refractivity (Wildman–Crippen MR) is 90.4 cm³/mol. The molecule has 0 saturated heterocycles. The average Bonchev–Trinajstić information content (AvgIpc) is 2.55. The summed E-state index contributed by atoms with van der Waals surface area (Å²) in [6.45, 7) is -0.563. The van der Waals surface area contributed by atoms with Crippen molar-refractivity contribution in [3.8, 4) is 5.75 Å². The van der Waals surface area contributed by atoms with Crippen LogP contribution in [0.4, 0.5) is 15.8 Å². The summed E-state index contributed by atoms with van der Waals surface area (Å²) in [5.74, 6) is -2.27. The lowest BCUT2D eigenvalue weighted by Gasteiger charge is -2.10. The van der Waals surface area contributed by atoms with Crippen molar-refractivity contribution >= 4 is 39.2 Å². The van der Waals surface area contributed by atoms with Crippen LogP contribution in [0.3, 0.4) is 0 Å². The molecule has 0 heterocycles. The maximum absolute atomic E-state index is 13.8. The number of hydrogen-bond acceptors (Lipinski definition) is 5. The lowest BCUT2D eigenvalue weighted by atomic mass is 10.2. The molecule has 0 bridgehead atoms. The van der Waals surface area contributed by atoms with Crippen molar-refractivity contribution < 1.29 is 23.5 Å². The van der Waals surface area contributed by atoms with E-state index in [1.165, 1.54) is 7.11 Å². The molecule has 0 unspecified atom stereocenters. The summed E-state index contributed by atoms with van der Waals surface area (Å²) >= 11 is 3.28. The molecule has 0 fully saturated rings. The fourth-order valence-electron chi connectivity index (χ4n) is 1.86. The molecular weight excluding hydrogens is 383 g/mol. The van der Waals surface area contributed by atoms with Crippen LogP contribution in [0.15, 0.2) is 40.9 Å². The molecule has 24 heavy (non-hydrogen) atoms. The molecule has 0 aromatic heterocycles. The normalized spacial score (nSPS) is 10.1. The Morgan fingerprint density at radius 1 is 1.29 bits per heavy atom. The first kappa shape index (κ1) is 17.7. The number of halogens is 2. The Balaban J connectivity index is 2.00. The minimum atomic E-state index is -0.993. The van der Waals surface area contributed by atoms with Gasteiger partial charge in [0.25, 0.3) is 5.91 Å². The first-order chi connectivity index (χ1) is 11.4. The zero-order chi connectivity index (χ0) is 17.7. The zero-order valence-electron chi connectivity index (χ0n) is 12.6. The lowest BCUT2D eigenvalue weighted by molar-refractivity contribution is -0.119. The number of methoxy groups -OCH3 is 1. The Bertz CT molecular complexity index is 783. The monoisotopic (exact) mass is 396 g/mol. The number of hydrogen-bond donors (Lipinski definition) is 2. The van der Waals surface area contributed by atoms with Crippen molar-refractivity contribution in [2.45, 2.75) is 0 Å². The third kappa shape index (κ3) is 4.23. The van der Waals surface area contributed by atoms with Crippen molar-refractivity contribution in [1.29, 1.82) is 0 Å². The van der Waals surface area contributed by atoms with Crippen LogP contribution in [0, 0.1) is 5.82 Å². The van der Waals surface area contributed by atoms with E-state index < -0.39 is 24.3 Å². The highest BCUT2D eigenvalue weighted by Gasteiger charge is 2.18. The molecule has 0 radical (unpaired) electrons. The minimum absolute atomic E-state index is 0.0539. The van der Waals surface area contributed by atoms with Crippen molar-refractivity contribution in [2.24, 2.45) is 0 Å². The molecule has 0 saturated carbocycles. The molecule has 2 aromatic carbocycles. The van der Waals surface area contributed by atoms with E-state index >= 15 is 0 Å². The summed E-state index contributed by atoms with van der Waals surface area (Å²) < 4.78 is 24.2. The number of nitrogen functional groups attached to an aromatic ring is 1. The molecule has 1 amide bonds. The van der Waals surface area contributed by atoms with Crippen LogP contribution in [-0.2, 0) is 9.53 Å². The number of amides is 1. The second kappa shape index (κ2) is 7.78. The third-order valence-corrected chi connectivity index (χ3v) is 3.71. The Hall–Kier alpha value is -2.61. The number of benzene rings is 2. The van der Waals surface area contributed by atoms with Gasteiger partial charge in [-0.2, -0.15) is 0 Å². The van der Waals surface area contributed by atoms with E-state index in [4.69, 9.17) is 15.2 Å². The summed E-state index contributed by atoms with van der Waals surface area (Å²) in [6.07, 6.45) is 0. The number of ether oxygens (including phenoxy) is 2. The molecular formula is C16H14BrFN2O4. The van der Waals surface area contributed by atoms with Gasteiger partial charge in [0.15, 0.2) is 6.61 Å². The molecule has 2 aromatic rings. The van der Waals surface area contributed by atoms with Gasteiger partial charge in [0.1, 0.15) is 11.6 Å². The van der Waals surface area contributed by atoms with E-state index in [0.29, 0.717) is 10.2 Å². The number of nitrogens with two attached hydrogens (primary N) is 1. The highest BCUT2D eigenvalue weighted by molar-refractivity contribution is 9.10. The van der Waals surface area contributed by atoms with Crippen molar-refractivity contribution in [1.82, 2.24) is 0 Å². The van der Waals surface area contributed by atoms with Crippen LogP contribution in [-0.4, -0.2) is 25.6 Å². The van der Waals surface area contributed by atoms with Crippen molar-refractivity contribution in [3.63, 3.8) is 0 Å². The van der Waals surface area contributed by atoms with Crippen LogP contribution in [0.5, 0.6) is 5.75 Å². The molecule has 2 rings (SSSR count). The molecule has 6 nitrogen and oxygen atoms in total. The van der Waals surface area contributed by atoms with Crippen molar-refractivity contribution in [3.05, 3.63) is 52.3 Å². The Morgan fingerprint density at radius 2 is 2.00 bits per heavy atom. The SMILES string of the molecule is COc1cc(C(=O)OCC(=O)Nc2ccccc2Br)c(F)cc1N. The maximum Gasteiger partial charge on any atom is 0.341 e. The van der Waals surface area contributed by atoms with Gasteiger partial charge >= 0.3 is 5.97 Å². The van der Waals surface area contributed by atoms with E-state index in [1.54, 1.807) is 24.3 Å². The highest BCUT2D eigenvalue weighted by atomic mass is 79.9. The lowest BCUT2D eigenvalue weighted by Crippen LogP contribution is -2.21. The van der Waals surface area contributed by atoms with Crippen molar-refractivity contribution in [2.75, 3.05) is 24.8 Å². The summed E-state index contributed by atoms with van der Waals surface area (Å²) in [5, 5.41) is 2.56. The van der Waals surface area contributed by atoms with Gasteiger partial charge in [-0.25, -0.2) is 9.18 Å². The number of anilines is 2. The number of nitrogens with one attached hydrogen (secondary N) is 1. The van der Waals surface area contributed by atoms with Crippen LogP contribution < -0.4 is 15.8 Å². The van der Waals surface area contributed by atoms with Gasteiger partial charge in [0.05, 0.1) is 24.0 Å². The number of esters is 1. The molecule has 3 N–H and O–H groups in total. The fraction of sp³-hybridized carbons (Fsp3) is 0.125. The van der Waals surface area contributed by atoms with Crippen LogP contribution in [0.1, 0.15) is 10.4 Å². The summed E-state index contributed by atoms with van der Waals surface area (Å²) in [4.78, 5) is 23.7. The van der Waals surface area contributed by atoms with E-state index in [2.05, 4.69) is 21.2 Å². The van der Waals surface area contributed by atoms with Gasteiger partial charge in [-0.3, -0.25) is 4.79 Å². The van der Waals surface area contributed by atoms with Gasteiger partial charge in [-0.15, -0.1) is 0 Å². The number of rotatable bonds is 5. The third-order valence-electron chi connectivity index (χ3n) is 3.02. The molecule has 126 valence electrons. The smallest absolute Gasteiger partial charge is 0.341 e. The standard InChI is InChI=1S/C16H14BrFN2O4/c1-23-14-6-9(11(18)7-12(14)19)16(22)24-8-15(21)20-13-5-3-2-4-10(13)17/h2-7H,8,19H2,1H3,(H,20,21). The molecule has 0 aliphatic carbocycles. The Kier molecular flexibility index (Phi) is 5.75. The molecule has 0 spiro atoms. The quantitative estimate of drug-likeness (QED) is 0.598. The second-order valence-corrected chi connectivity index (χ2v) is 5.53. The average molecular weight is 397 g/mol. The molecule has 0 atom stereocenters. The predicted octanol–water partition coefficient (Wildman–Crippen LogP) is 2.97. The van der Waals surface area contributed by atoms with Crippen LogP contribution in [0.25, 0.3) is 0 Å². The largest absolute Gasteiger partial charge is 0.495 e.